The van der Waals surface area contributed by atoms with Crippen molar-refractivity contribution in [1.82, 2.24) is 0 Å². The third-order valence-corrected chi connectivity index (χ3v) is 1.61. The first-order valence-corrected chi connectivity index (χ1v) is 3.81. The van der Waals surface area contributed by atoms with Gasteiger partial charge in [0.25, 0.3) is 0 Å². The molecule has 1 aromatic carbocycles. The van der Waals surface area contributed by atoms with E-state index in [-0.39, 0.29) is 24.6 Å². The zero-order valence-electron chi connectivity index (χ0n) is 7.81. The molecule has 1 N–H and O–H groups in total. The van der Waals surface area contributed by atoms with Crippen molar-refractivity contribution in [2.75, 3.05) is 19.7 Å². The maximum absolute atomic E-state index is 10.7. The van der Waals surface area contributed by atoms with Gasteiger partial charge in [-0.15, -0.1) is 0 Å². The predicted molar refractivity (Wildman–Crippen MR) is 57.0 cm³/mol. The number of para-hydroxylation sites is 1. The average Bonchev–Trinajstić information content (AvgIpc) is 2.17. The van der Waals surface area contributed by atoms with Gasteiger partial charge >= 0.3 is 5.69 Å². The molecular weight excluding hydrogens is 200 g/mol. The number of nitro groups is 1. The van der Waals surface area contributed by atoms with Gasteiger partial charge in [0.1, 0.15) is 5.69 Å². The van der Waals surface area contributed by atoms with Gasteiger partial charge in [0, 0.05) is 0 Å². The van der Waals surface area contributed by atoms with E-state index in [1.807, 2.05) is 0 Å². The van der Waals surface area contributed by atoms with E-state index in [0.29, 0.717) is 0 Å². The molecule has 6 nitrogen and oxygen atoms in total. The topological polar surface area (TPSA) is 73.6 Å². The number of nitrogens with one attached hydrogen (secondary N) is 1. The first-order valence-electron chi connectivity index (χ1n) is 3.81. The summed E-state index contributed by atoms with van der Waals surface area (Å²) in [6, 6.07) is 4.68. The molecule has 1 rings (SSSR count). The van der Waals surface area contributed by atoms with E-state index < -0.39 is 4.92 Å². The van der Waals surface area contributed by atoms with Crippen molar-refractivity contribution < 1.29 is 14.5 Å². The van der Waals surface area contributed by atoms with Gasteiger partial charge in [-0.05, 0) is 12.1 Å². The average molecular weight is 214 g/mol. The molecule has 15 heavy (non-hydrogen) atoms. The van der Waals surface area contributed by atoms with Crippen molar-refractivity contribution in [2.24, 2.45) is 0 Å². The molecule has 0 aliphatic heterocycles. The van der Waals surface area contributed by atoms with Gasteiger partial charge in [0.2, 0.25) is 0 Å². The van der Waals surface area contributed by atoms with Crippen LogP contribution in [0.2, 0.25) is 0 Å². The highest BCUT2D eigenvalue weighted by atomic mass is 16.6. The number of benzene rings is 1. The van der Waals surface area contributed by atoms with Crippen LogP contribution in [0.25, 0.3) is 0 Å². The lowest BCUT2D eigenvalue weighted by Crippen LogP contribution is -2.02. The summed E-state index contributed by atoms with van der Waals surface area (Å²) in [6.07, 6.45) is 0. The van der Waals surface area contributed by atoms with Gasteiger partial charge in [-0.2, -0.15) is 0 Å². The summed E-state index contributed by atoms with van der Waals surface area (Å²) in [7, 11) is 2.75. The van der Waals surface area contributed by atoms with Crippen LogP contribution in [0.15, 0.2) is 18.2 Å². The van der Waals surface area contributed by atoms with Crippen LogP contribution in [0.3, 0.4) is 0 Å². The maximum atomic E-state index is 10.7. The van der Waals surface area contributed by atoms with Crippen LogP contribution in [0.4, 0.5) is 11.4 Å². The molecule has 1 aromatic rings. The number of hydrogen-bond donors (Lipinski definition) is 1. The fraction of sp³-hybridized carbons (Fsp3) is 0.333. The summed E-state index contributed by atoms with van der Waals surface area (Å²) in [4.78, 5) is 14.8. The van der Waals surface area contributed by atoms with E-state index in [1.54, 1.807) is 6.07 Å². The second-order valence-corrected chi connectivity index (χ2v) is 2.42. The molecule has 84 valence electrons. The highest BCUT2D eigenvalue weighted by Gasteiger charge is 2.19. The second kappa shape index (κ2) is 5.82. The Morgan fingerprint density at radius 2 is 2.07 bits per heavy atom. The second-order valence-electron chi connectivity index (χ2n) is 2.42. The van der Waals surface area contributed by atoms with Gasteiger partial charge in [-0.3, -0.25) is 20.4 Å². The number of hydrogen-bond acceptors (Lipinski definition) is 5. The molecule has 0 aliphatic rings. The van der Waals surface area contributed by atoms with Gasteiger partial charge in [0.05, 0.1) is 19.1 Å². The summed E-state index contributed by atoms with van der Waals surface area (Å²) in [5, 5.41) is 10.7. The Bertz CT molecular complexity index is 341. The third-order valence-electron chi connectivity index (χ3n) is 1.61. The minimum atomic E-state index is -0.528. The normalized spacial score (nSPS) is 8.93. The van der Waals surface area contributed by atoms with Gasteiger partial charge in [-0.1, -0.05) is 13.5 Å². The van der Waals surface area contributed by atoms with E-state index >= 15 is 0 Å². The Morgan fingerprint density at radius 3 is 2.53 bits per heavy atom. The zero-order valence-corrected chi connectivity index (χ0v) is 7.81. The van der Waals surface area contributed by atoms with Crippen LogP contribution >= 0.6 is 0 Å². The van der Waals surface area contributed by atoms with Crippen molar-refractivity contribution in [2.45, 2.75) is 7.43 Å². The standard InChI is InChI=1S/C8H10N2O4.CH4/c1-13-7-5-3-4-6(9-14-2)8(7)10(11)12;/h3-5,9H,1-2H3;1H4. The summed E-state index contributed by atoms with van der Waals surface area (Å²) in [5.74, 6) is 0.192. The van der Waals surface area contributed by atoms with Crippen LogP contribution in [0.5, 0.6) is 5.75 Å². The predicted octanol–water partition coefficient (Wildman–Crippen LogP) is 2.21. The summed E-state index contributed by atoms with van der Waals surface area (Å²) in [5.41, 5.74) is 2.53. The smallest absolute Gasteiger partial charge is 0.336 e. The Hall–Kier alpha value is -1.82. The zero-order chi connectivity index (χ0) is 10.6. The van der Waals surface area contributed by atoms with E-state index in [1.165, 1.54) is 26.4 Å². The Balaban J connectivity index is 0.00000196. The highest BCUT2D eigenvalue weighted by Crippen LogP contribution is 2.34. The van der Waals surface area contributed by atoms with E-state index in [2.05, 4.69) is 10.3 Å². The molecule has 0 fully saturated rings. The molecule has 0 spiro atoms. The van der Waals surface area contributed by atoms with Crippen molar-refractivity contribution >= 4 is 11.4 Å². The van der Waals surface area contributed by atoms with Gasteiger partial charge < -0.3 is 4.74 Å². The van der Waals surface area contributed by atoms with Crippen LogP contribution in [0, 0.1) is 10.1 Å². The van der Waals surface area contributed by atoms with Crippen LogP contribution in [0.1, 0.15) is 7.43 Å². The molecule has 0 saturated heterocycles. The summed E-state index contributed by atoms with van der Waals surface area (Å²) in [6.45, 7) is 0. The number of methoxy groups -OCH3 is 1. The first-order chi connectivity index (χ1) is 6.70. The van der Waals surface area contributed by atoms with E-state index in [4.69, 9.17) is 4.74 Å². The van der Waals surface area contributed by atoms with Gasteiger partial charge in [0.15, 0.2) is 5.75 Å². The molecule has 0 saturated carbocycles. The molecule has 0 amide bonds. The largest absolute Gasteiger partial charge is 0.490 e. The molecule has 6 heteroatoms. The molecule has 0 atom stereocenters. The van der Waals surface area contributed by atoms with Gasteiger partial charge in [-0.25, -0.2) is 0 Å². The number of ether oxygens (including phenoxy) is 1. The SMILES string of the molecule is C.CONc1cccc(OC)c1[N+](=O)[O-]. The molecule has 0 bridgehead atoms. The summed E-state index contributed by atoms with van der Waals surface area (Å²) < 4.78 is 4.86. The van der Waals surface area contributed by atoms with Crippen LogP contribution in [-0.2, 0) is 4.84 Å². The maximum Gasteiger partial charge on any atom is 0.336 e. The van der Waals surface area contributed by atoms with E-state index in [0.717, 1.165) is 0 Å². The minimum absolute atomic E-state index is 0. The van der Waals surface area contributed by atoms with Crippen LogP contribution in [-0.4, -0.2) is 19.1 Å². The van der Waals surface area contributed by atoms with Crippen LogP contribution < -0.4 is 10.2 Å². The number of rotatable bonds is 4. The minimum Gasteiger partial charge on any atom is -0.490 e. The number of nitro benzene ring substituents is 1. The number of anilines is 1. The molecule has 0 heterocycles. The lowest BCUT2D eigenvalue weighted by atomic mass is 10.2. The monoisotopic (exact) mass is 214 g/mol. The van der Waals surface area contributed by atoms with Crippen molar-refractivity contribution in [1.29, 1.82) is 0 Å². The Kier molecular flexibility index (Phi) is 5.11. The molecule has 0 unspecified atom stereocenters. The molecular formula is C9H14N2O4. The Labute approximate surface area is 87.9 Å². The summed E-state index contributed by atoms with van der Waals surface area (Å²) >= 11 is 0. The molecule has 0 aliphatic carbocycles. The fourth-order valence-electron chi connectivity index (χ4n) is 1.07. The van der Waals surface area contributed by atoms with E-state index in [9.17, 15) is 10.1 Å². The lowest BCUT2D eigenvalue weighted by Gasteiger charge is -2.06. The van der Waals surface area contributed by atoms with Crippen molar-refractivity contribution in [3.63, 3.8) is 0 Å². The third kappa shape index (κ3) is 2.81. The first kappa shape index (κ1) is 13.2. The number of nitrogens with zero attached hydrogens (tertiary/aromatic N) is 1. The van der Waals surface area contributed by atoms with Crippen molar-refractivity contribution in [3.05, 3.63) is 28.3 Å². The lowest BCUT2D eigenvalue weighted by molar-refractivity contribution is -0.385. The Morgan fingerprint density at radius 1 is 1.40 bits per heavy atom. The highest BCUT2D eigenvalue weighted by molar-refractivity contribution is 5.67. The molecule has 0 radical (unpaired) electrons. The quantitative estimate of drug-likeness (QED) is 0.614. The molecule has 0 aromatic heterocycles. The van der Waals surface area contributed by atoms with Crippen molar-refractivity contribution in [3.8, 4) is 5.75 Å². The fourth-order valence-corrected chi connectivity index (χ4v) is 1.07.